The molecular formula is C6H8N4O4. The Morgan fingerprint density at radius 1 is 1.86 bits per heavy atom. The van der Waals surface area contributed by atoms with Crippen LogP contribution in [0.5, 0.6) is 0 Å². The van der Waals surface area contributed by atoms with E-state index in [1.165, 1.54) is 12.5 Å². The number of nitro groups is 1. The van der Waals surface area contributed by atoms with Crippen LogP contribution in [0.4, 0.5) is 0 Å². The monoisotopic (exact) mass is 200 g/mol. The van der Waals surface area contributed by atoms with Crippen LogP contribution in [0.2, 0.25) is 0 Å². The Labute approximate surface area is 78.1 Å². The van der Waals surface area contributed by atoms with Crippen molar-refractivity contribution in [2.45, 2.75) is 12.5 Å². The number of hydrogen-bond donors (Lipinski definition) is 3. The maximum atomic E-state index is 10.6. The molecule has 0 aliphatic carbocycles. The molecule has 0 saturated heterocycles. The van der Waals surface area contributed by atoms with Gasteiger partial charge in [0.1, 0.15) is 0 Å². The van der Waals surface area contributed by atoms with Gasteiger partial charge in [0, 0.05) is 18.3 Å². The van der Waals surface area contributed by atoms with Gasteiger partial charge in [0.05, 0.1) is 6.33 Å². The number of carboxylic acids is 1. The lowest BCUT2D eigenvalue weighted by Crippen LogP contribution is -2.41. The summed E-state index contributed by atoms with van der Waals surface area (Å²) in [6, 6.07) is -1.26. The van der Waals surface area contributed by atoms with Crippen molar-refractivity contribution in [3.63, 3.8) is 0 Å². The summed E-state index contributed by atoms with van der Waals surface area (Å²) in [5.74, 6) is -1.28. The molecule has 0 saturated carbocycles. The molecule has 0 radical (unpaired) electrons. The molecule has 0 aliphatic heterocycles. The van der Waals surface area contributed by atoms with Crippen LogP contribution in [0.25, 0.3) is 0 Å². The summed E-state index contributed by atoms with van der Waals surface area (Å²) in [5, 5.41) is 17.8. The number of rotatable bonds is 5. The maximum Gasteiger partial charge on any atom is 0.332 e. The van der Waals surface area contributed by atoms with Crippen LogP contribution in [0, 0.1) is 10.1 Å². The van der Waals surface area contributed by atoms with Gasteiger partial charge in [-0.2, -0.15) is 0 Å². The highest BCUT2D eigenvalue weighted by molar-refractivity contribution is 5.73. The first-order valence-corrected chi connectivity index (χ1v) is 3.70. The van der Waals surface area contributed by atoms with Crippen molar-refractivity contribution in [3.8, 4) is 0 Å². The standard InChI is InChI=1S/C6H8N4O4/c11-6(12)5(9-10(13)14)1-4-2-7-3-8-4/h2-3,5,9H,1H2,(H,7,8)(H,11,12)/t5-/m0/s1. The summed E-state index contributed by atoms with van der Waals surface area (Å²) in [4.78, 5) is 26.9. The van der Waals surface area contributed by atoms with E-state index in [4.69, 9.17) is 5.11 Å². The molecule has 0 spiro atoms. The Kier molecular flexibility index (Phi) is 3.00. The first-order valence-electron chi connectivity index (χ1n) is 3.70. The van der Waals surface area contributed by atoms with E-state index in [1.807, 2.05) is 0 Å². The average molecular weight is 200 g/mol. The van der Waals surface area contributed by atoms with Crippen molar-refractivity contribution < 1.29 is 14.9 Å². The predicted octanol–water partition coefficient (Wildman–Crippen LogP) is -0.813. The van der Waals surface area contributed by atoms with Crippen molar-refractivity contribution >= 4 is 5.97 Å². The second-order valence-electron chi connectivity index (χ2n) is 2.56. The normalized spacial score (nSPS) is 12.0. The van der Waals surface area contributed by atoms with Gasteiger partial charge in [-0.05, 0) is 0 Å². The molecule has 8 nitrogen and oxygen atoms in total. The summed E-state index contributed by atoms with van der Waals surface area (Å²) >= 11 is 0. The van der Waals surface area contributed by atoms with Crippen LogP contribution in [0.1, 0.15) is 5.69 Å². The number of H-pyrrole nitrogens is 1. The average Bonchev–Trinajstić information content (AvgIpc) is 2.54. The van der Waals surface area contributed by atoms with E-state index in [2.05, 4.69) is 9.97 Å². The van der Waals surface area contributed by atoms with Gasteiger partial charge < -0.3 is 10.1 Å². The van der Waals surface area contributed by atoms with Gasteiger partial charge in [-0.3, -0.25) is 0 Å². The Balaban J connectivity index is 2.60. The highest BCUT2D eigenvalue weighted by Gasteiger charge is 2.22. The van der Waals surface area contributed by atoms with E-state index < -0.39 is 17.0 Å². The minimum Gasteiger partial charge on any atom is -0.480 e. The highest BCUT2D eigenvalue weighted by Crippen LogP contribution is 1.98. The molecule has 1 rings (SSSR count). The predicted molar refractivity (Wildman–Crippen MR) is 43.8 cm³/mol. The topological polar surface area (TPSA) is 121 Å². The number of aromatic amines is 1. The van der Waals surface area contributed by atoms with Crippen LogP contribution in [0.15, 0.2) is 12.5 Å². The number of nitrogens with zero attached hydrogens (tertiary/aromatic N) is 2. The van der Waals surface area contributed by atoms with Gasteiger partial charge in [0.2, 0.25) is 0 Å². The molecule has 0 aromatic carbocycles. The van der Waals surface area contributed by atoms with Crippen molar-refractivity contribution in [2.75, 3.05) is 0 Å². The van der Waals surface area contributed by atoms with Gasteiger partial charge in [-0.15, -0.1) is 5.43 Å². The lowest BCUT2D eigenvalue weighted by atomic mass is 10.2. The third-order valence-electron chi connectivity index (χ3n) is 1.54. The van der Waals surface area contributed by atoms with Crippen LogP contribution in [-0.2, 0) is 11.2 Å². The molecule has 1 heterocycles. The SMILES string of the molecule is O=C(O)[C@H](Cc1cnc[nH]1)N[N+](=O)[O-]. The van der Waals surface area contributed by atoms with E-state index in [1.54, 1.807) is 5.43 Å². The number of imidazole rings is 1. The fourth-order valence-electron chi connectivity index (χ4n) is 0.932. The third-order valence-corrected chi connectivity index (χ3v) is 1.54. The van der Waals surface area contributed by atoms with E-state index in [0.29, 0.717) is 5.69 Å². The zero-order valence-electron chi connectivity index (χ0n) is 7.01. The van der Waals surface area contributed by atoms with Crippen molar-refractivity contribution in [1.29, 1.82) is 0 Å². The number of aliphatic carboxylic acids is 1. The zero-order valence-corrected chi connectivity index (χ0v) is 7.01. The molecule has 0 fully saturated rings. The fraction of sp³-hybridized carbons (Fsp3) is 0.333. The Morgan fingerprint density at radius 2 is 2.57 bits per heavy atom. The Hall–Kier alpha value is -2.12. The van der Waals surface area contributed by atoms with Gasteiger partial charge in [0.15, 0.2) is 11.1 Å². The van der Waals surface area contributed by atoms with E-state index >= 15 is 0 Å². The number of hydrogen-bond acceptors (Lipinski definition) is 4. The second-order valence-corrected chi connectivity index (χ2v) is 2.56. The molecule has 0 unspecified atom stereocenters. The molecule has 76 valence electrons. The molecule has 3 N–H and O–H groups in total. The lowest BCUT2D eigenvalue weighted by molar-refractivity contribution is -0.548. The minimum absolute atomic E-state index is 0.0175. The number of carbonyl (C=O) groups is 1. The Morgan fingerprint density at radius 3 is 3.00 bits per heavy atom. The summed E-state index contributed by atoms with van der Waals surface area (Å²) in [6.45, 7) is 0. The van der Waals surface area contributed by atoms with Crippen molar-refractivity contribution in [2.24, 2.45) is 0 Å². The van der Waals surface area contributed by atoms with Crippen molar-refractivity contribution in [3.05, 3.63) is 28.3 Å². The third kappa shape index (κ3) is 2.73. The van der Waals surface area contributed by atoms with Gasteiger partial charge in [0.25, 0.3) is 0 Å². The molecule has 8 heteroatoms. The maximum absolute atomic E-state index is 10.6. The van der Waals surface area contributed by atoms with Crippen LogP contribution in [-0.4, -0.2) is 32.1 Å². The molecule has 1 aromatic heterocycles. The number of nitrogens with one attached hydrogen (secondary N) is 2. The highest BCUT2D eigenvalue weighted by atomic mass is 16.7. The quantitative estimate of drug-likeness (QED) is 0.422. The first kappa shape index (κ1) is 9.96. The largest absolute Gasteiger partial charge is 0.480 e. The summed E-state index contributed by atoms with van der Waals surface area (Å²) < 4.78 is 0. The van der Waals surface area contributed by atoms with E-state index in [0.717, 1.165) is 0 Å². The molecule has 0 amide bonds. The van der Waals surface area contributed by atoms with Crippen LogP contribution in [0.3, 0.4) is 0 Å². The number of hydrazine groups is 1. The summed E-state index contributed by atoms with van der Waals surface area (Å²) in [7, 11) is 0. The van der Waals surface area contributed by atoms with Crippen LogP contribution >= 0.6 is 0 Å². The number of aromatic nitrogens is 2. The lowest BCUT2D eigenvalue weighted by Gasteiger charge is -2.06. The first-order chi connectivity index (χ1) is 6.59. The van der Waals surface area contributed by atoms with Crippen molar-refractivity contribution in [1.82, 2.24) is 15.4 Å². The molecular weight excluding hydrogens is 192 g/mol. The number of carboxylic acid groups (broad SMARTS) is 1. The van der Waals surface area contributed by atoms with Crippen LogP contribution < -0.4 is 5.43 Å². The molecule has 1 aromatic rings. The fourth-order valence-corrected chi connectivity index (χ4v) is 0.932. The Bertz CT molecular complexity index is 323. The minimum atomic E-state index is -1.28. The van der Waals surface area contributed by atoms with Gasteiger partial charge >= 0.3 is 5.97 Å². The van der Waals surface area contributed by atoms with E-state index in [9.17, 15) is 14.9 Å². The van der Waals surface area contributed by atoms with Gasteiger partial charge in [-0.1, -0.05) is 0 Å². The smallest absolute Gasteiger partial charge is 0.332 e. The van der Waals surface area contributed by atoms with E-state index in [-0.39, 0.29) is 6.42 Å². The molecule has 14 heavy (non-hydrogen) atoms. The molecule has 0 bridgehead atoms. The van der Waals surface area contributed by atoms with Gasteiger partial charge in [-0.25, -0.2) is 19.9 Å². The summed E-state index contributed by atoms with van der Waals surface area (Å²) in [6.07, 6.45) is 2.77. The zero-order chi connectivity index (χ0) is 10.6. The summed E-state index contributed by atoms with van der Waals surface area (Å²) in [5.41, 5.74) is 2.21. The molecule has 1 atom stereocenters. The second kappa shape index (κ2) is 4.21. The molecule has 0 aliphatic rings.